The molecule has 0 aliphatic rings. The van der Waals surface area contributed by atoms with Crippen LogP contribution in [0.4, 0.5) is 5.69 Å². The van der Waals surface area contributed by atoms with E-state index in [-0.39, 0.29) is 6.61 Å². The quantitative estimate of drug-likeness (QED) is 0.511. The molecule has 0 saturated heterocycles. The molecule has 0 atom stereocenters. The van der Waals surface area contributed by atoms with Crippen LogP contribution in [0.25, 0.3) is 0 Å². The van der Waals surface area contributed by atoms with Crippen molar-refractivity contribution in [3.63, 3.8) is 0 Å². The number of carbonyl (C=O) groups is 2. The molecule has 0 spiro atoms. The van der Waals surface area contributed by atoms with Gasteiger partial charge in [0.15, 0.2) is 6.61 Å². The molecule has 1 rings (SSSR count). The molecule has 0 heterocycles. The van der Waals surface area contributed by atoms with Crippen LogP contribution in [-0.4, -0.2) is 18.5 Å². The molecule has 0 fully saturated rings. The highest BCUT2D eigenvalue weighted by atomic mass is 32.2. The molecule has 0 bridgehead atoms. The van der Waals surface area contributed by atoms with Gasteiger partial charge in [-0.2, -0.15) is 5.26 Å². The van der Waals surface area contributed by atoms with E-state index in [1.54, 1.807) is 18.2 Å². The van der Waals surface area contributed by atoms with Crippen molar-refractivity contribution in [3.8, 4) is 5.40 Å². The first-order valence-electron chi connectivity index (χ1n) is 5.12. The Bertz CT molecular complexity index is 509. The number of rotatable bonds is 4. The summed E-state index contributed by atoms with van der Waals surface area (Å²) in [6.45, 7) is 2.76. The van der Waals surface area contributed by atoms with Gasteiger partial charge in [0, 0.05) is 17.5 Å². The highest BCUT2D eigenvalue weighted by Gasteiger charge is 2.07. The molecule has 1 N–H and O–H groups in total. The Kier molecular flexibility index (Phi) is 5.21. The van der Waals surface area contributed by atoms with Crippen LogP contribution in [0.1, 0.15) is 12.5 Å². The predicted octanol–water partition coefficient (Wildman–Crippen LogP) is 2.07. The molecule has 6 heteroatoms. The lowest BCUT2D eigenvalue weighted by atomic mass is 10.2. The number of thioether (sulfide) groups is 1. The first-order chi connectivity index (χ1) is 8.52. The molecule has 1 aromatic rings. The smallest absolute Gasteiger partial charge is 0.303 e. The lowest BCUT2D eigenvalue weighted by Crippen LogP contribution is -2.20. The fourth-order valence-electron chi connectivity index (χ4n) is 1.25. The molecule has 1 aromatic carbocycles. The summed E-state index contributed by atoms with van der Waals surface area (Å²) in [5.74, 6) is -0.892. The summed E-state index contributed by atoms with van der Waals surface area (Å²) >= 11 is 1.05. The summed E-state index contributed by atoms with van der Waals surface area (Å²) in [7, 11) is 0. The molecule has 0 unspecified atom stereocenters. The van der Waals surface area contributed by atoms with Crippen LogP contribution in [-0.2, 0) is 14.3 Å². The van der Waals surface area contributed by atoms with Crippen molar-refractivity contribution < 1.29 is 14.3 Å². The number of ether oxygens (including phenoxy) is 1. The van der Waals surface area contributed by atoms with Gasteiger partial charge in [-0.3, -0.25) is 9.59 Å². The van der Waals surface area contributed by atoms with Crippen LogP contribution in [0, 0.1) is 17.6 Å². The number of amides is 1. The SMILES string of the molecule is CC(=O)OCC(=O)Nc1ccc(SC#N)cc1C. The Morgan fingerprint density at radius 3 is 2.78 bits per heavy atom. The maximum absolute atomic E-state index is 11.4. The number of aryl methyl sites for hydroxylation is 1. The maximum atomic E-state index is 11.4. The molecule has 18 heavy (non-hydrogen) atoms. The Morgan fingerprint density at radius 2 is 2.22 bits per heavy atom. The topological polar surface area (TPSA) is 79.2 Å². The van der Waals surface area contributed by atoms with E-state index in [9.17, 15) is 9.59 Å². The minimum atomic E-state index is -0.498. The highest BCUT2D eigenvalue weighted by molar-refractivity contribution is 8.03. The van der Waals surface area contributed by atoms with Gasteiger partial charge < -0.3 is 10.1 Å². The second-order valence-electron chi connectivity index (χ2n) is 3.50. The van der Waals surface area contributed by atoms with Crippen molar-refractivity contribution in [2.24, 2.45) is 0 Å². The van der Waals surface area contributed by atoms with Gasteiger partial charge >= 0.3 is 5.97 Å². The number of esters is 1. The molecule has 0 aliphatic carbocycles. The van der Waals surface area contributed by atoms with Crippen LogP contribution in [0.2, 0.25) is 0 Å². The van der Waals surface area contributed by atoms with E-state index < -0.39 is 11.9 Å². The molecule has 0 saturated carbocycles. The van der Waals surface area contributed by atoms with Crippen LogP contribution in [0.15, 0.2) is 23.1 Å². The molecule has 94 valence electrons. The molecule has 1 amide bonds. The van der Waals surface area contributed by atoms with Crippen molar-refractivity contribution in [1.29, 1.82) is 5.26 Å². The number of hydrogen-bond acceptors (Lipinski definition) is 5. The third-order valence-electron chi connectivity index (χ3n) is 2.04. The van der Waals surface area contributed by atoms with Gasteiger partial charge in [-0.15, -0.1) is 0 Å². The van der Waals surface area contributed by atoms with Gasteiger partial charge in [0.25, 0.3) is 5.91 Å². The Labute approximate surface area is 109 Å². The van der Waals surface area contributed by atoms with E-state index in [0.29, 0.717) is 5.69 Å². The van der Waals surface area contributed by atoms with Crippen molar-refractivity contribution in [1.82, 2.24) is 0 Å². The lowest BCUT2D eigenvalue weighted by Gasteiger charge is -2.09. The number of hydrogen-bond donors (Lipinski definition) is 1. The zero-order valence-corrected chi connectivity index (χ0v) is 10.8. The van der Waals surface area contributed by atoms with E-state index >= 15 is 0 Å². The van der Waals surface area contributed by atoms with Gasteiger partial charge in [0.05, 0.1) is 0 Å². The van der Waals surface area contributed by atoms with E-state index in [4.69, 9.17) is 5.26 Å². The number of carbonyl (C=O) groups excluding carboxylic acids is 2. The van der Waals surface area contributed by atoms with E-state index in [2.05, 4.69) is 10.1 Å². The standard InChI is InChI=1S/C12H12N2O3S/c1-8-5-10(18-7-13)3-4-11(8)14-12(16)6-17-9(2)15/h3-5H,6H2,1-2H3,(H,14,16). The fourth-order valence-corrected chi connectivity index (χ4v) is 1.72. The van der Waals surface area contributed by atoms with E-state index in [1.807, 2.05) is 12.3 Å². The normalized spacial score (nSPS) is 9.39. The number of benzene rings is 1. The van der Waals surface area contributed by atoms with Gasteiger partial charge in [-0.1, -0.05) is 0 Å². The summed E-state index contributed by atoms with van der Waals surface area (Å²) in [5.41, 5.74) is 1.47. The van der Waals surface area contributed by atoms with Crippen molar-refractivity contribution >= 4 is 29.3 Å². The Morgan fingerprint density at radius 1 is 1.50 bits per heavy atom. The first-order valence-corrected chi connectivity index (χ1v) is 5.94. The third-order valence-corrected chi connectivity index (χ3v) is 2.62. The highest BCUT2D eigenvalue weighted by Crippen LogP contribution is 2.23. The zero-order valence-electron chi connectivity index (χ0n) is 10.0. The van der Waals surface area contributed by atoms with E-state index in [1.165, 1.54) is 6.92 Å². The van der Waals surface area contributed by atoms with Gasteiger partial charge in [0.1, 0.15) is 5.40 Å². The van der Waals surface area contributed by atoms with Crippen LogP contribution in [0.5, 0.6) is 0 Å². The minimum absolute atomic E-state index is 0.302. The summed E-state index contributed by atoms with van der Waals surface area (Å²) in [4.78, 5) is 22.8. The average molecular weight is 264 g/mol. The van der Waals surface area contributed by atoms with Crippen molar-refractivity contribution in [2.45, 2.75) is 18.7 Å². The zero-order chi connectivity index (χ0) is 13.5. The second kappa shape index (κ2) is 6.67. The summed E-state index contributed by atoms with van der Waals surface area (Å²) in [5, 5.41) is 13.1. The number of nitriles is 1. The van der Waals surface area contributed by atoms with Gasteiger partial charge in [-0.05, 0) is 42.4 Å². The summed E-state index contributed by atoms with van der Waals surface area (Å²) in [6, 6.07) is 5.25. The Balaban J connectivity index is 2.65. The van der Waals surface area contributed by atoms with Crippen molar-refractivity contribution in [2.75, 3.05) is 11.9 Å². The largest absolute Gasteiger partial charge is 0.456 e. The predicted molar refractivity (Wildman–Crippen MR) is 67.9 cm³/mol. The summed E-state index contributed by atoms with van der Waals surface area (Å²) < 4.78 is 4.58. The monoisotopic (exact) mass is 264 g/mol. The summed E-state index contributed by atoms with van der Waals surface area (Å²) in [6.07, 6.45) is 0. The number of nitrogens with zero attached hydrogens (tertiary/aromatic N) is 1. The van der Waals surface area contributed by atoms with Crippen molar-refractivity contribution in [3.05, 3.63) is 23.8 Å². The number of anilines is 1. The van der Waals surface area contributed by atoms with Crippen LogP contribution in [0.3, 0.4) is 0 Å². The number of thiocyanates is 1. The first kappa shape index (κ1) is 14.1. The second-order valence-corrected chi connectivity index (χ2v) is 4.36. The van der Waals surface area contributed by atoms with Crippen LogP contribution >= 0.6 is 11.8 Å². The lowest BCUT2D eigenvalue weighted by molar-refractivity contribution is -0.144. The number of nitrogens with one attached hydrogen (secondary N) is 1. The van der Waals surface area contributed by atoms with Gasteiger partial charge in [-0.25, -0.2) is 0 Å². The fraction of sp³-hybridized carbons (Fsp3) is 0.250. The molecule has 5 nitrogen and oxygen atoms in total. The molecule has 0 aromatic heterocycles. The molecular weight excluding hydrogens is 252 g/mol. The average Bonchev–Trinajstić information content (AvgIpc) is 2.30. The molecular formula is C12H12N2O3S. The third kappa shape index (κ3) is 4.47. The minimum Gasteiger partial charge on any atom is -0.456 e. The van der Waals surface area contributed by atoms with E-state index in [0.717, 1.165) is 22.2 Å². The Hall–Kier alpha value is -2.00. The van der Waals surface area contributed by atoms with Gasteiger partial charge in [0.2, 0.25) is 0 Å². The van der Waals surface area contributed by atoms with Crippen LogP contribution < -0.4 is 5.32 Å². The maximum Gasteiger partial charge on any atom is 0.303 e. The molecule has 0 radical (unpaired) electrons. The molecule has 0 aliphatic heterocycles.